The number of nitro benzene ring substituents is 1. The van der Waals surface area contributed by atoms with Crippen LogP contribution < -0.4 is 15.0 Å². The molecule has 1 N–H and O–H groups in total. The lowest BCUT2D eigenvalue weighted by Crippen LogP contribution is -2.30. The van der Waals surface area contributed by atoms with Gasteiger partial charge in [0.25, 0.3) is 11.6 Å². The molecule has 1 aromatic heterocycles. The van der Waals surface area contributed by atoms with E-state index in [-0.39, 0.29) is 11.3 Å². The summed E-state index contributed by atoms with van der Waals surface area (Å²) in [4.78, 5) is 30.8. The lowest BCUT2D eigenvalue weighted by molar-refractivity contribution is -0.384. The van der Waals surface area contributed by atoms with Crippen LogP contribution in [0.4, 0.5) is 17.1 Å². The van der Waals surface area contributed by atoms with Gasteiger partial charge in [-0.15, -0.1) is 0 Å². The number of oxazole rings is 1. The number of piperidine rings is 1. The van der Waals surface area contributed by atoms with Crippen LogP contribution in [0.1, 0.15) is 29.6 Å². The molecule has 3 aromatic carbocycles. The Morgan fingerprint density at radius 1 is 1.09 bits per heavy atom. The maximum Gasteiger partial charge on any atom is 0.293 e. The van der Waals surface area contributed by atoms with E-state index in [1.807, 2.05) is 11.0 Å². The van der Waals surface area contributed by atoms with Gasteiger partial charge in [-0.3, -0.25) is 14.9 Å². The highest BCUT2D eigenvalue weighted by atomic mass is 16.6. The van der Waals surface area contributed by atoms with Crippen LogP contribution in [0.2, 0.25) is 0 Å². The van der Waals surface area contributed by atoms with Gasteiger partial charge in [-0.2, -0.15) is 0 Å². The van der Waals surface area contributed by atoms with Gasteiger partial charge in [0.1, 0.15) is 17.0 Å². The molecule has 1 amide bonds. The summed E-state index contributed by atoms with van der Waals surface area (Å²) in [5.74, 6) is 0.655. The minimum absolute atomic E-state index is 0.0600. The number of nitrogens with one attached hydrogen (secondary N) is 1. The molecular formula is C26H24N4O5. The van der Waals surface area contributed by atoms with Crippen molar-refractivity contribution in [1.29, 1.82) is 0 Å². The third-order valence-electron chi connectivity index (χ3n) is 6.09. The topological polar surface area (TPSA) is 111 Å². The number of methoxy groups -OCH3 is 1. The molecule has 178 valence electrons. The summed E-state index contributed by atoms with van der Waals surface area (Å²) in [5.41, 5.74) is 3.21. The van der Waals surface area contributed by atoms with Crippen LogP contribution >= 0.6 is 0 Å². The zero-order chi connectivity index (χ0) is 24.4. The Labute approximate surface area is 201 Å². The van der Waals surface area contributed by atoms with Crippen LogP contribution in [0.5, 0.6) is 5.75 Å². The molecule has 0 saturated carbocycles. The first-order valence-electron chi connectivity index (χ1n) is 11.4. The Morgan fingerprint density at radius 2 is 1.91 bits per heavy atom. The van der Waals surface area contributed by atoms with Gasteiger partial charge >= 0.3 is 0 Å². The third kappa shape index (κ3) is 4.65. The summed E-state index contributed by atoms with van der Waals surface area (Å²) in [6.45, 7) is 1.56. The van der Waals surface area contributed by atoms with Crippen LogP contribution in [0.3, 0.4) is 0 Å². The number of carbonyl (C=O) groups excluding carboxylic acids is 1. The van der Waals surface area contributed by atoms with Crippen molar-refractivity contribution in [3.05, 3.63) is 76.3 Å². The Morgan fingerprint density at radius 3 is 2.69 bits per heavy atom. The minimum atomic E-state index is -0.433. The van der Waals surface area contributed by atoms with E-state index in [4.69, 9.17) is 9.15 Å². The summed E-state index contributed by atoms with van der Waals surface area (Å²) in [6, 6.07) is 17.1. The average molecular weight is 473 g/mol. The molecular weight excluding hydrogens is 448 g/mol. The van der Waals surface area contributed by atoms with Crippen molar-refractivity contribution in [3.63, 3.8) is 0 Å². The molecule has 35 heavy (non-hydrogen) atoms. The summed E-state index contributed by atoms with van der Waals surface area (Å²) >= 11 is 0. The number of amides is 1. The number of ether oxygens (including phenoxy) is 1. The number of hydrogen-bond acceptors (Lipinski definition) is 7. The van der Waals surface area contributed by atoms with Gasteiger partial charge in [0.2, 0.25) is 5.89 Å². The molecule has 4 aromatic rings. The second-order valence-electron chi connectivity index (χ2n) is 8.40. The lowest BCUT2D eigenvalue weighted by Gasteiger charge is -2.28. The molecule has 1 aliphatic heterocycles. The highest BCUT2D eigenvalue weighted by Gasteiger charge is 2.23. The Kier molecular flexibility index (Phi) is 6.05. The number of benzene rings is 3. The van der Waals surface area contributed by atoms with Crippen LogP contribution in [-0.4, -0.2) is 36.0 Å². The molecule has 5 rings (SSSR count). The average Bonchev–Trinajstić information content (AvgIpc) is 3.32. The molecule has 9 nitrogen and oxygen atoms in total. The Hall–Kier alpha value is -4.40. The smallest absolute Gasteiger partial charge is 0.293 e. The zero-order valence-electron chi connectivity index (χ0n) is 19.2. The van der Waals surface area contributed by atoms with Gasteiger partial charge in [0, 0.05) is 42.0 Å². The molecule has 1 aliphatic rings. The van der Waals surface area contributed by atoms with Crippen molar-refractivity contribution in [1.82, 2.24) is 4.98 Å². The monoisotopic (exact) mass is 472 g/mol. The van der Waals surface area contributed by atoms with E-state index in [9.17, 15) is 14.9 Å². The van der Waals surface area contributed by atoms with E-state index < -0.39 is 10.8 Å². The van der Waals surface area contributed by atoms with Gasteiger partial charge < -0.3 is 19.4 Å². The Bertz CT molecular complexity index is 1410. The van der Waals surface area contributed by atoms with E-state index in [1.54, 1.807) is 55.6 Å². The normalized spacial score (nSPS) is 13.6. The first kappa shape index (κ1) is 22.4. The van der Waals surface area contributed by atoms with Crippen molar-refractivity contribution in [2.45, 2.75) is 19.3 Å². The maximum absolute atomic E-state index is 12.9. The molecule has 9 heteroatoms. The number of anilines is 2. The van der Waals surface area contributed by atoms with Crippen molar-refractivity contribution in [2.75, 3.05) is 30.4 Å². The summed E-state index contributed by atoms with van der Waals surface area (Å²) in [5, 5.41) is 14.6. The van der Waals surface area contributed by atoms with Crippen LogP contribution in [0.25, 0.3) is 22.6 Å². The van der Waals surface area contributed by atoms with E-state index in [1.165, 1.54) is 6.07 Å². The zero-order valence-corrected chi connectivity index (χ0v) is 19.2. The first-order chi connectivity index (χ1) is 17.0. The maximum atomic E-state index is 12.9. The van der Waals surface area contributed by atoms with Crippen molar-refractivity contribution < 1.29 is 18.9 Å². The molecule has 1 fully saturated rings. The van der Waals surface area contributed by atoms with Crippen LogP contribution in [0, 0.1) is 10.1 Å². The van der Waals surface area contributed by atoms with E-state index in [0.717, 1.165) is 32.4 Å². The van der Waals surface area contributed by atoms with Crippen molar-refractivity contribution in [3.8, 4) is 17.2 Å². The molecule has 0 bridgehead atoms. The SMILES string of the molecule is COc1ccc2oc(-c3cccc(NC(=O)c4ccc(N5CCCCC5)c([N+](=O)[O-])c4)c3)nc2c1. The predicted molar refractivity (Wildman–Crippen MR) is 133 cm³/mol. The van der Waals surface area contributed by atoms with Gasteiger partial charge in [-0.25, -0.2) is 4.98 Å². The second kappa shape index (κ2) is 9.46. The summed E-state index contributed by atoms with van der Waals surface area (Å²) < 4.78 is 11.1. The van der Waals surface area contributed by atoms with E-state index in [0.29, 0.717) is 39.7 Å². The van der Waals surface area contributed by atoms with Gasteiger partial charge in [-0.05, 0) is 61.7 Å². The van der Waals surface area contributed by atoms with Crippen molar-refractivity contribution >= 4 is 34.1 Å². The Balaban J connectivity index is 1.38. The largest absolute Gasteiger partial charge is 0.497 e. The molecule has 1 saturated heterocycles. The van der Waals surface area contributed by atoms with Gasteiger partial charge in [-0.1, -0.05) is 6.07 Å². The lowest BCUT2D eigenvalue weighted by atomic mass is 10.1. The number of aromatic nitrogens is 1. The number of fused-ring (bicyclic) bond motifs is 1. The van der Waals surface area contributed by atoms with Gasteiger partial charge in [0.05, 0.1) is 12.0 Å². The molecule has 0 spiro atoms. The number of carbonyl (C=O) groups is 1. The fourth-order valence-electron chi connectivity index (χ4n) is 4.30. The number of hydrogen-bond donors (Lipinski definition) is 1. The van der Waals surface area contributed by atoms with Crippen LogP contribution in [-0.2, 0) is 0 Å². The fraction of sp³-hybridized carbons (Fsp3) is 0.231. The van der Waals surface area contributed by atoms with E-state index >= 15 is 0 Å². The van der Waals surface area contributed by atoms with Crippen LogP contribution in [0.15, 0.2) is 65.1 Å². The molecule has 0 atom stereocenters. The quantitative estimate of drug-likeness (QED) is 0.285. The van der Waals surface area contributed by atoms with Crippen molar-refractivity contribution in [2.24, 2.45) is 0 Å². The number of nitrogens with zero attached hydrogens (tertiary/aromatic N) is 3. The molecule has 0 unspecified atom stereocenters. The summed E-state index contributed by atoms with van der Waals surface area (Å²) in [6.07, 6.45) is 3.13. The first-order valence-corrected chi connectivity index (χ1v) is 11.4. The fourth-order valence-corrected chi connectivity index (χ4v) is 4.30. The third-order valence-corrected chi connectivity index (χ3v) is 6.09. The minimum Gasteiger partial charge on any atom is -0.497 e. The number of nitro groups is 1. The molecule has 0 aliphatic carbocycles. The standard InChI is InChI=1S/C26H24N4O5/c1-34-20-9-11-24-21(16-20)28-26(35-24)18-6-5-7-19(14-18)27-25(31)17-8-10-22(23(15-17)30(32)33)29-12-3-2-4-13-29/h5-11,14-16H,2-4,12-13H2,1H3,(H,27,31). The molecule has 0 radical (unpaired) electrons. The highest BCUT2D eigenvalue weighted by molar-refractivity contribution is 6.05. The second-order valence-corrected chi connectivity index (χ2v) is 8.40. The van der Waals surface area contributed by atoms with Gasteiger partial charge in [0.15, 0.2) is 5.58 Å². The highest BCUT2D eigenvalue weighted by Crippen LogP contribution is 2.32. The predicted octanol–water partition coefficient (Wildman–Crippen LogP) is 5.65. The summed E-state index contributed by atoms with van der Waals surface area (Å²) in [7, 11) is 1.59. The molecule has 2 heterocycles. The number of rotatable bonds is 6. The van der Waals surface area contributed by atoms with E-state index in [2.05, 4.69) is 10.3 Å².